The second-order valence-electron chi connectivity index (χ2n) is 7.62. The molecule has 5 heteroatoms. The number of hydrogen-bond acceptors (Lipinski definition) is 3. The first-order valence-corrected chi connectivity index (χ1v) is 10.1. The van der Waals surface area contributed by atoms with Gasteiger partial charge in [-0.05, 0) is 54.2 Å². The molecule has 144 valence electrons. The zero-order valence-corrected chi connectivity index (χ0v) is 16.9. The molecule has 2 aromatic carbocycles. The zero-order valence-electron chi connectivity index (χ0n) is 16.1. The molecule has 28 heavy (non-hydrogen) atoms. The number of anilines is 1. The van der Waals surface area contributed by atoms with E-state index in [4.69, 9.17) is 11.6 Å². The second kappa shape index (κ2) is 7.44. The van der Waals surface area contributed by atoms with Crippen LogP contribution in [0, 0.1) is 0 Å². The van der Waals surface area contributed by atoms with Crippen molar-refractivity contribution in [3.05, 3.63) is 70.4 Å². The van der Waals surface area contributed by atoms with E-state index in [1.807, 2.05) is 41.3 Å². The lowest BCUT2D eigenvalue weighted by Crippen LogP contribution is -2.34. The fourth-order valence-electron chi connectivity index (χ4n) is 3.87. The zero-order chi connectivity index (χ0) is 19.8. The summed E-state index contributed by atoms with van der Waals surface area (Å²) in [4.78, 5) is 30.1. The Morgan fingerprint density at radius 3 is 2.04 bits per heavy atom. The highest BCUT2D eigenvalue weighted by Crippen LogP contribution is 2.36. The van der Waals surface area contributed by atoms with Crippen LogP contribution in [0.25, 0.3) is 5.57 Å². The summed E-state index contributed by atoms with van der Waals surface area (Å²) >= 11 is 6.02. The molecule has 0 unspecified atom stereocenters. The predicted molar refractivity (Wildman–Crippen MR) is 112 cm³/mol. The highest BCUT2D eigenvalue weighted by molar-refractivity contribution is 6.45. The predicted octanol–water partition coefficient (Wildman–Crippen LogP) is 4.84. The molecule has 0 saturated carbocycles. The molecule has 1 fully saturated rings. The fraction of sp³-hybridized carbons (Fsp3) is 0.304. The highest BCUT2D eigenvalue weighted by Gasteiger charge is 2.42. The Kier molecular flexibility index (Phi) is 4.98. The maximum absolute atomic E-state index is 13.4. The number of carbonyl (C=O) groups excluding carboxylic acids is 2. The average molecular weight is 395 g/mol. The Balaban J connectivity index is 1.77. The molecule has 0 spiro atoms. The van der Waals surface area contributed by atoms with Crippen LogP contribution in [0.4, 0.5) is 5.69 Å². The minimum absolute atomic E-state index is 0.242. The Labute approximate surface area is 170 Å². The summed E-state index contributed by atoms with van der Waals surface area (Å²) < 4.78 is 0. The molecular weight excluding hydrogens is 372 g/mol. The average Bonchev–Trinajstić information content (AvgIpc) is 3.29. The van der Waals surface area contributed by atoms with Gasteiger partial charge in [-0.15, -0.1) is 0 Å². The van der Waals surface area contributed by atoms with Gasteiger partial charge in [0.2, 0.25) is 0 Å². The third-order valence-electron chi connectivity index (χ3n) is 5.43. The van der Waals surface area contributed by atoms with Crippen molar-refractivity contribution >= 4 is 34.7 Å². The number of hydrogen-bond donors (Lipinski definition) is 0. The molecule has 2 heterocycles. The van der Waals surface area contributed by atoms with Crippen LogP contribution in [-0.2, 0) is 9.59 Å². The van der Waals surface area contributed by atoms with E-state index in [1.165, 1.54) is 10.5 Å². The standard InChI is InChI=1S/C23H23ClN2O2/c1-15(2)16-7-11-19(12-8-16)26-22(27)20(17-5-9-18(24)10-6-17)21(23(26)28)25-13-3-4-14-25/h5-12,15H,3-4,13-14H2,1-2H3. The SMILES string of the molecule is CC(C)c1ccc(N2C(=O)C(c3ccc(Cl)cc3)=C(N3CCCC3)C2=O)cc1. The van der Waals surface area contributed by atoms with Gasteiger partial charge < -0.3 is 4.90 Å². The van der Waals surface area contributed by atoms with E-state index >= 15 is 0 Å². The van der Waals surface area contributed by atoms with Crippen LogP contribution >= 0.6 is 11.6 Å². The summed E-state index contributed by atoms with van der Waals surface area (Å²) in [6.07, 6.45) is 2.06. The second-order valence-corrected chi connectivity index (χ2v) is 8.05. The van der Waals surface area contributed by atoms with Gasteiger partial charge in [0.1, 0.15) is 5.70 Å². The van der Waals surface area contributed by atoms with Crippen molar-refractivity contribution in [2.45, 2.75) is 32.6 Å². The summed E-state index contributed by atoms with van der Waals surface area (Å²) in [7, 11) is 0. The third kappa shape index (κ3) is 3.22. The number of likely N-dealkylation sites (tertiary alicyclic amines) is 1. The molecule has 0 atom stereocenters. The number of nitrogens with zero attached hydrogens (tertiary/aromatic N) is 2. The van der Waals surface area contributed by atoms with E-state index in [0.29, 0.717) is 27.9 Å². The van der Waals surface area contributed by atoms with E-state index in [-0.39, 0.29) is 11.8 Å². The summed E-state index contributed by atoms with van der Waals surface area (Å²) in [5, 5.41) is 0.602. The lowest BCUT2D eigenvalue weighted by Gasteiger charge is -2.20. The number of imide groups is 1. The Morgan fingerprint density at radius 2 is 1.46 bits per heavy atom. The van der Waals surface area contributed by atoms with E-state index in [9.17, 15) is 9.59 Å². The maximum atomic E-state index is 13.4. The van der Waals surface area contributed by atoms with Gasteiger partial charge in [-0.1, -0.05) is 49.7 Å². The first-order chi connectivity index (χ1) is 13.5. The summed E-state index contributed by atoms with van der Waals surface area (Å²) in [5.41, 5.74) is 3.49. The van der Waals surface area contributed by atoms with Gasteiger partial charge in [0.25, 0.3) is 11.8 Å². The van der Waals surface area contributed by atoms with Crippen LogP contribution in [0.5, 0.6) is 0 Å². The largest absolute Gasteiger partial charge is 0.366 e. The minimum atomic E-state index is -0.272. The van der Waals surface area contributed by atoms with Crippen molar-refractivity contribution in [3.8, 4) is 0 Å². The molecule has 0 aliphatic carbocycles. The van der Waals surface area contributed by atoms with Gasteiger partial charge in [0.15, 0.2) is 0 Å². The summed E-state index contributed by atoms with van der Waals surface area (Å²) in [6, 6.07) is 14.8. The van der Waals surface area contributed by atoms with Crippen molar-refractivity contribution in [1.82, 2.24) is 4.90 Å². The van der Waals surface area contributed by atoms with Gasteiger partial charge in [0, 0.05) is 18.1 Å². The van der Waals surface area contributed by atoms with Crippen LogP contribution < -0.4 is 4.90 Å². The molecule has 0 bridgehead atoms. The molecule has 4 rings (SSSR count). The van der Waals surface area contributed by atoms with E-state index in [2.05, 4.69) is 13.8 Å². The molecule has 0 radical (unpaired) electrons. The number of benzene rings is 2. The number of halogens is 1. The Hall–Kier alpha value is -2.59. The third-order valence-corrected chi connectivity index (χ3v) is 5.68. The highest BCUT2D eigenvalue weighted by atomic mass is 35.5. The van der Waals surface area contributed by atoms with Crippen molar-refractivity contribution in [1.29, 1.82) is 0 Å². The molecule has 2 aliphatic rings. The van der Waals surface area contributed by atoms with Gasteiger partial charge >= 0.3 is 0 Å². The quantitative estimate of drug-likeness (QED) is 0.696. The first kappa shape index (κ1) is 18.8. The summed E-state index contributed by atoms with van der Waals surface area (Å²) in [5.74, 6) is -0.123. The van der Waals surface area contributed by atoms with Gasteiger partial charge in [0.05, 0.1) is 11.3 Å². The van der Waals surface area contributed by atoms with Crippen LogP contribution in [0.15, 0.2) is 54.2 Å². The van der Waals surface area contributed by atoms with E-state index in [1.54, 1.807) is 12.1 Å². The monoisotopic (exact) mass is 394 g/mol. The maximum Gasteiger partial charge on any atom is 0.282 e. The van der Waals surface area contributed by atoms with Crippen LogP contribution in [0.1, 0.15) is 43.7 Å². The van der Waals surface area contributed by atoms with Crippen LogP contribution in [0.3, 0.4) is 0 Å². The topological polar surface area (TPSA) is 40.6 Å². The molecule has 0 aromatic heterocycles. The van der Waals surface area contributed by atoms with Crippen molar-refractivity contribution in [3.63, 3.8) is 0 Å². The molecule has 0 N–H and O–H groups in total. The van der Waals surface area contributed by atoms with E-state index < -0.39 is 0 Å². The van der Waals surface area contributed by atoms with Crippen molar-refractivity contribution < 1.29 is 9.59 Å². The number of amides is 2. The molecule has 2 amide bonds. The molecule has 1 saturated heterocycles. The number of rotatable bonds is 4. The summed E-state index contributed by atoms with van der Waals surface area (Å²) in [6.45, 7) is 5.83. The number of carbonyl (C=O) groups is 2. The first-order valence-electron chi connectivity index (χ1n) is 9.71. The molecule has 4 nitrogen and oxygen atoms in total. The smallest absolute Gasteiger partial charge is 0.282 e. The fourth-order valence-corrected chi connectivity index (χ4v) is 4.00. The minimum Gasteiger partial charge on any atom is -0.366 e. The van der Waals surface area contributed by atoms with Crippen LogP contribution in [0.2, 0.25) is 5.02 Å². The normalized spacial score (nSPS) is 17.4. The van der Waals surface area contributed by atoms with Gasteiger partial charge in [-0.2, -0.15) is 0 Å². The Morgan fingerprint density at radius 1 is 0.857 bits per heavy atom. The van der Waals surface area contributed by atoms with Crippen molar-refractivity contribution in [2.24, 2.45) is 0 Å². The van der Waals surface area contributed by atoms with Crippen molar-refractivity contribution in [2.75, 3.05) is 18.0 Å². The van der Waals surface area contributed by atoms with Gasteiger partial charge in [-0.25, -0.2) is 4.90 Å². The van der Waals surface area contributed by atoms with E-state index in [0.717, 1.165) is 31.5 Å². The lowest BCUT2D eigenvalue weighted by atomic mass is 10.0. The lowest BCUT2D eigenvalue weighted by molar-refractivity contribution is -0.120. The molecular formula is C23H23ClN2O2. The molecule has 2 aromatic rings. The van der Waals surface area contributed by atoms with Crippen LogP contribution in [-0.4, -0.2) is 29.8 Å². The van der Waals surface area contributed by atoms with Gasteiger partial charge in [-0.3, -0.25) is 9.59 Å². The Bertz CT molecular complexity index is 940. The molecule has 2 aliphatic heterocycles.